The van der Waals surface area contributed by atoms with E-state index < -0.39 is 0 Å². The van der Waals surface area contributed by atoms with Crippen LogP contribution >= 0.6 is 0 Å². The molecule has 1 aliphatic heterocycles. The van der Waals surface area contributed by atoms with Crippen molar-refractivity contribution < 1.29 is 0 Å². The fourth-order valence-corrected chi connectivity index (χ4v) is 2.90. The monoisotopic (exact) mass is 205 g/mol. The Bertz CT molecular complexity index is 369. The van der Waals surface area contributed by atoms with Crippen LogP contribution in [0, 0.1) is 11.8 Å². The van der Waals surface area contributed by atoms with E-state index in [1.807, 2.05) is 0 Å². The molecule has 0 aromatic carbocycles. The number of rotatable bonds is 2. The van der Waals surface area contributed by atoms with Gasteiger partial charge in [-0.15, -0.1) is 0 Å². The molecule has 0 spiro atoms. The van der Waals surface area contributed by atoms with E-state index in [0.29, 0.717) is 5.92 Å². The summed E-state index contributed by atoms with van der Waals surface area (Å²) in [6.45, 7) is 5.58. The van der Waals surface area contributed by atoms with E-state index in [-0.39, 0.29) is 0 Å². The molecular formula is C12H19N3. The maximum atomic E-state index is 4.70. The second-order valence-corrected chi connectivity index (χ2v) is 5.09. The molecule has 1 fully saturated rings. The Labute approximate surface area is 90.9 Å². The minimum absolute atomic E-state index is 0.710. The Hall–Kier alpha value is -0.860. The van der Waals surface area contributed by atoms with Crippen molar-refractivity contribution in [2.24, 2.45) is 11.8 Å². The highest BCUT2D eigenvalue weighted by Crippen LogP contribution is 2.50. The Kier molecular flexibility index (Phi) is 2.08. The van der Waals surface area contributed by atoms with Crippen molar-refractivity contribution in [2.75, 3.05) is 0 Å². The van der Waals surface area contributed by atoms with Gasteiger partial charge in [0.15, 0.2) is 5.82 Å². The number of aryl methyl sites for hydroxylation is 2. The summed E-state index contributed by atoms with van der Waals surface area (Å²) in [6.07, 6.45) is 4.98. The number of hydrogen-bond donors (Lipinski definition) is 0. The zero-order valence-corrected chi connectivity index (χ0v) is 9.61. The third-order valence-corrected chi connectivity index (χ3v) is 3.97. The van der Waals surface area contributed by atoms with Crippen molar-refractivity contribution in [1.82, 2.24) is 14.8 Å². The SMILES string of the molecule is CCc1nc2n(n1)CCCC2C1CC1C. The van der Waals surface area contributed by atoms with Gasteiger partial charge >= 0.3 is 0 Å². The van der Waals surface area contributed by atoms with Crippen LogP contribution in [0.25, 0.3) is 0 Å². The maximum absolute atomic E-state index is 4.70. The van der Waals surface area contributed by atoms with E-state index in [9.17, 15) is 0 Å². The Morgan fingerprint density at radius 2 is 2.27 bits per heavy atom. The summed E-state index contributed by atoms with van der Waals surface area (Å²) in [7, 11) is 0. The highest BCUT2D eigenvalue weighted by Gasteiger charge is 2.43. The molecule has 3 rings (SSSR count). The number of fused-ring (bicyclic) bond motifs is 1. The summed E-state index contributed by atoms with van der Waals surface area (Å²) < 4.78 is 2.16. The predicted molar refractivity (Wildman–Crippen MR) is 58.6 cm³/mol. The zero-order chi connectivity index (χ0) is 10.4. The minimum atomic E-state index is 0.710. The van der Waals surface area contributed by atoms with Crippen LogP contribution in [0.1, 0.15) is 50.7 Å². The van der Waals surface area contributed by atoms with Crippen LogP contribution in [0.15, 0.2) is 0 Å². The summed E-state index contributed by atoms with van der Waals surface area (Å²) in [4.78, 5) is 4.70. The molecule has 0 saturated heterocycles. The maximum Gasteiger partial charge on any atom is 0.150 e. The fraction of sp³-hybridized carbons (Fsp3) is 0.833. The summed E-state index contributed by atoms with van der Waals surface area (Å²) in [5.74, 6) is 4.85. The van der Waals surface area contributed by atoms with Crippen LogP contribution in [-0.2, 0) is 13.0 Å². The van der Waals surface area contributed by atoms with Gasteiger partial charge in [0.05, 0.1) is 0 Å². The molecule has 3 heteroatoms. The Morgan fingerprint density at radius 3 is 2.93 bits per heavy atom. The van der Waals surface area contributed by atoms with Crippen molar-refractivity contribution in [3.8, 4) is 0 Å². The molecular weight excluding hydrogens is 186 g/mol. The summed E-state index contributed by atoms with van der Waals surface area (Å²) in [6, 6.07) is 0. The molecule has 82 valence electrons. The molecule has 0 amide bonds. The molecule has 3 unspecified atom stereocenters. The first-order valence-electron chi connectivity index (χ1n) is 6.23. The minimum Gasteiger partial charge on any atom is -0.250 e. The molecule has 1 aromatic rings. The van der Waals surface area contributed by atoms with Crippen molar-refractivity contribution >= 4 is 0 Å². The molecule has 1 aromatic heterocycles. The standard InChI is InChI=1S/C12H19N3/c1-3-11-13-12-9(10-7-8(10)2)5-4-6-15(12)14-11/h8-10H,3-7H2,1-2H3. The molecule has 0 radical (unpaired) electrons. The number of nitrogens with zero attached hydrogens (tertiary/aromatic N) is 3. The molecule has 1 aliphatic carbocycles. The third-order valence-electron chi connectivity index (χ3n) is 3.97. The average molecular weight is 205 g/mol. The normalized spacial score (nSPS) is 33.9. The Morgan fingerprint density at radius 1 is 1.47 bits per heavy atom. The molecule has 0 N–H and O–H groups in total. The van der Waals surface area contributed by atoms with Gasteiger partial charge in [-0.25, -0.2) is 9.67 Å². The van der Waals surface area contributed by atoms with E-state index in [2.05, 4.69) is 23.6 Å². The van der Waals surface area contributed by atoms with Crippen LogP contribution < -0.4 is 0 Å². The summed E-state index contributed by atoms with van der Waals surface area (Å²) in [5, 5.41) is 4.56. The summed E-state index contributed by atoms with van der Waals surface area (Å²) in [5.41, 5.74) is 0. The molecule has 3 nitrogen and oxygen atoms in total. The van der Waals surface area contributed by atoms with Crippen molar-refractivity contribution in [2.45, 2.75) is 52.0 Å². The van der Waals surface area contributed by atoms with Gasteiger partial charge in [-0.1, -0.05) is 13.8 Å². The van der Waals surface area contributed by atoms with Crippen molar-refractivity contribution in [3.63, 3.8) is 0 Å². The molecule has 2 heterocycles. The van der Waals surface area contributed by atoms with Crippen LogP contribution in [0.2, 0.25) is 0 Å². The first kappa shape index (κ1) is 9.37. The van der Waals surface area contributed by atoms with Gasteiger partial charge in [-0.2, -0.15) is 5.10 Å². The smallest absolute Gasteiger partial charge is 0.150 e. The van der Waals surface area contributed by atoms with Crippen LogP contribution in [-0.4, -0.2) is 14.8 Å². The summed E-state index contributed by atoms with van der Waals surface area (Å²) >= 11 is 0. The second kappa shape index (κ2) is 3.32. The van der Waals surface area contributed by atoms with Crippen molar-refractivity contribution in [3.05, 3.63) is 11.6 Å². The van der Waals surface area contributed by atoms with Crippen molar-refractivity contribution in [1.29, 1.82) is 0 Å². The van der Waals surface area contributed by atoms with E-state index in [4.69, 9.17) is 4.98 Å². The highest BCUT2D eigenvalue weighted by atomic mass is 15.4. The van der Waals surface area contributed by atoms with Gasteiger partial charge in [0, 0.05) is 18.9 Å². The van der Waals surface area contributed by atoms with Gasteiger partial charge in [-0.3, -0.25) is 0 Å². The van der Waals surface area contributed by atoms with E-state index in [1.54, 1.807) is 0 Å². The topological polar surface area (TPSA) is 30.7 Å². The fourth-order valence-electron chi connectivity index (χ4n) is 2.90. The lowest BCUT2D eigenvalue weighted by atomic mass is 9.93. The average Bonchev–Trinajstić information content (AvgIpc) is 2.81. The van der Waals surface area contributed by atoms with E-state index in [0.717, 1.165) is 30.6 Å². The van der Waals surface area contributed by atoms with E-state index in [1.165, 1.54) is 25.1 Å². The molecule has 1 saturated carbocycles. The van der Waals surface area contributed by atoms with Crippen LogP contribution in [0.4, 0.5) is 0 Å². The lowest BCUT2D eigenvalue weighted by molar-refractivity contribution is 0.380. The Balaban J connectivity index is 1.91. The van der Waals surface area contributed by atoms with Gasteiger partial charge < -0.3 is 0 Å². The lowest BCUT2D eigenvalue weighted by Crippen LogP contribution is -2.18. The van der Waals surface area contributed by atoms with Crippen LogP contribution in [0.3, 0.4) is 0 Å². The zero-order valence-electron chi connectivity index (χ0n) is 9.61. The van der Waals surface area contributed by atoms with Gasteiger partial charge in [0.25, 0.3) is 0 Å². The van der Waals surface area contributed by atoms with Gasteiger partial charge in [0.2, 0.25) is 0 Å². The number of aromatic nitrogens is 3. The number of hydrogen-bond acceptors (Lipinski definition) is 2. The van der Waals surface area contributed by atoms with Crippen LogP contribution in [0.5, 0.6) is 0 Å². The quantitative estimate of drug-likeness (QED) is 0.742. The van der Waals surface area contributed by atoms with Gasteiger partial charge in [0.1, 0.15) is 5.82 Å². The molecule has 15 heavy (non-hydrogen) atoms. The largest absolute Gasteiger partial charge is 0.250 e. The third kappa shape index (κ3) is 1.48. The molecule has 3 atom stereocenters. The first-order valence-corrected chi connectivity index (χ1v) is 6.23. The van der Waals surface area contributed by atoms with E-state index >= 15 is 0 Å². The van der Waals surface area contributed by atoms with Gasteiger partial charge in [-0.05, 0) is 31.1 Å². The first-order chi connectivity index (χ1) is 7.29. The predicted octanol–water partition coefficient (Wildman–Crippen LogP) is 2.37. The molecule has 0 bridgehead atoms. The molecule has 2 aliphatic rings. The lowest BCUT2D eigenvalue weighted by Gasteiger charge is -2.21. The highest BCUT2D eigenvalue weighted by molar-refractivity contribution is 5.09. The second-order valence-electron chi connectivity index (χ2n) is 5.09.